The zero-order valence-corrected chi connectivity index (χ0v) is 18.1. The number of piperidine rings is 1. The Kier molecular flexibility index (Phi) is 6.03. The molecule has 1 fully saturated rings. The maximum absolute atomic E-state index is 12.1. The summed E-state index contributed by atoms with van der Waals surface area (Å²) in [5.74, 6) is 1.42. The van der Waals surface area contributed by atoms with Crippen LogP contribution in [-0.4, -0.2) is 53.4 Å². The topological polar surface area (TPSA) is 73.8 Å². The van der Waals surface area contributed by atoms with E-state index in [9.17, 15) is 4.79 Å². The molecule has 1 aromatic carbocycles. The number of aromatic nitrogens is 2. The van der Waals surface area contributed by atoms with Crippen LogP contribution < -0.4 is 9.47 Å². The van der Waals surface area contributed by atoms with E-state index in [2.05, 4.69) is 15.3 Å². The standard InChI is InChI=1S/C22H25N3O4S/c1-14(2)28-22(26)25-10-8-17(9-11-25)29-21-20-19(23-13-24-21)18(12-30-20)15-4-6-16(27-3)7-5-15/h4-7,12-14,17H,8-11H2,1-3H3. The van der Waals surface area contributed by atoms with E-state index in [0.29, 0.717) is 19.0 Å². The number of likely N-dealkylation sites (tertiary alicyclic amines) is 1. The van der Waals surface area contributed by atoms with E-state index < -0.39 is 0 Å². The average molecular weight is 428 g/mol. The van der Waals surface area contributed by atoms with Gasteiger partial charge in [-0.25, -0.2) is 14.8 Å². The van der Waals surface area contributed by atoms with Crippen LogP contribution in [0.5, 0.6) is 11.6 Å². The lowest BCUT2D eigenvalue weighted by Crippen LogP contribution is -2.42. The molecule has 0 N–H and O–H groups in total. The number of carbonyl (C=O) groups is 1. The van der Waals surface area contributed by atoms with Gasteiger partial charge in [0.25, 0.3) is 0 Å². The monoisotopic (exact) mass is 427 g/mol. The van der Waals surface area contributed by atoms with Gasteiger partial charge in [0.15, 0.2) is 0 Å². The molecule has 1 saturated heterocycles. The van der Waals surface area contributed by atoms with E-state index in [1.807, 2.05) is 38.1 Å². The van der Waals surface area contributed by atoms with Crippen LogP contribution in [0, 0.1) is 0 Å². The Labute approximate surface area is 179 Å². The van der Waals surface area contributed by atoms with Crippen LogP contribution >= 0.6 is 11.3 Å². The van der Waals surface area contributed by atoms with Gasteiger partial charge in [-0.05, 0) is 31.5 Å². The third-order valence-electron chi connectivity index (χ3n) is 5.04. The summed E-state index contributed by atoms with van der Waals surface area (Å²) in [6.07, 6.45) is 2.68. The number of hydrogen-bond acceptors (Lipinski definition) is 7. The molecule has 1 aliphatic rings. The number of hydrogen-bond donors (Lipinski definition) is 0. The molecule has 30 heavy (non-hydrogen) atoms. The number of rotatable bonds is 5. The summed E-state index contributed by atoms with van der Waals surface area (Å²) < 4.78 is 17.7. The van der Waals surface area contributed by atoms with Gasteiger partial charge in [-0.3, -0.25) is 0 Å². The highest BCUT2D eigenvalue weighted by molar-refractivity contribution is 7.18. The third kappa shape index (κ3) is 4.33. The third-order valence-corrected chi connectivity index (χ3v) is 5.99. The molecular weight excluding hydrogens is 402 g/mol. The molecule has 0 spiro atoms. The van der Waals surface area contributed by atoms with Gasteiger partial charge in [0, 0.05) is 36.9 Å². The van der Waals surface area contributed by atoms with Crippen molar-refractivity contribution in [2.24, 2.45) is 0 Å². The van der Waals surface area contributed by atoms with Crippen LogP contribution in [0.25, 0.3) is 21.3 Å². The quantitative estimate of drug-likeness (QED) is 0.585. The van der Waals surface area contributed by atoms with E-state index in [1.165, 1.54) is 0 Å². The van der Waals surface area contributed by atoms with Crippen molar-refractivity contribution >= 4 is 27.6 Å². The number of fused-ring (bicyclic) bond motifs is 1. The van der Waals surface area contributed by atoms with Gasteiger partial charge in [-0.15, -0.1) is 11.3 Å². The van der Waals surface area contributed by atoms with Crippen LogP contribution in [0.4, 0.5) is 4.79 Å². The summed E-state index contributed by atoms with van der Waals surface area (Å²) in [6.45, 7) is 4.95. The Morgan fingerprint density at radius 2 is 1.90 bits per heavy atom. The van der Waals surface area contributed by atoms with Gasteiger partial charge >= 0.3 is 6.09 Å². The lowest BCUT2D eigenvalue weighted by atomic mass is 10.1. The predicted octanol–water partition coefficient (Wildman–Crippen LogP) is 4.76. The van der Waals surface area contributed by atoms with Gasteiger partial charge in [0.2, 0.25) is 5.88 Å². The lowest BCUT2D eigenvalue weighted by molar-refractivity contribution is 0.0511. The Morgan fingerprint density at radius 3 is 2.57 bits per heavy atom. The van der Waals surface area contributed by atoms with Gasteiger partial charge in [-0.1, -0.05) is 12.1 Å². The molecule has 158 valence electrons. The highest BCUT2D eigenvalue weighted by Gasteiger charge is 2.26. The SMILES string of the molecule is COc1ccc(-c2csc3c(OC4CCN(C(=O)OC(C)C)CC4)ncnc23)cc1. The summed E-state index contributed by atoms with van der Waals surface area (Å²) in [5.41, 5.74) is 3.01. The summed E-state index contributed by atoms with van der Waals surface area (Å²) >= 11 is 1.58. The second-order valence-corrected chi connectivity index (χ2v) is 8.35. The minimum Gasteiger partial charge on any atom is -0.497 e. The van der Waals surface area contributed by atoms with Gasteiger partial charge in [0.1, 0.15) is 22.9 Å². The first-order valence-corrected chi connectivity index (χ1v) is 10.9. The van der Waals surface area contributed by atoms with Crippen molar-refractivity contribution < 1.29 is 19.0 Å². The molecule has 1 amide bonds. The molecule has 0 saturated carbocycles. The second-order valence-electron chi connectivity index (χ2n) is 7.47. The van der Waals surface area contributed by atoms with Crippen LogP contribution in [0.15, 0.2) is 36.0 Å². The molecule has 3 heterocycles. The zero-order valence-electron chi connectivity index (χ0n) is 17.3. The van der Waals surface area contributed by atoms with E-state index in [-0.39, 0.29) is 18.3 Å². The predicted molar refractivity (Wildman–Crippen MR) is 116 cm³/mol. The molecule has 0 bridgehead atoms. The molecule has 4 rings (SSSR count). The fourth-order valence-electron chi connectivity index (χ4n) is 3.48. The van der Waals surface area contributed by atoms with Crippen LogP contribution in [0.1, 0.15) is 26.7 Å². The Morgan fingerprint density at radius 1 is 1.17 bits per heavy atom. The molecule has 0 unspecified atom stereocenters. The molecule has 0 radical (unpaired) electrons. The number of nitrogens with zero attached hydrogens (tertiary/aromatic N) is 3. The van der Waals surface area contributed by atoms with Gasteiger partial charge in [0.05, 0.1) is 18.7 Å². The van der Waals surface area contributed by atoms with E-state index in [0.717, 1.165) is 39.9 Å². The largest absolute Gasteiger partial charge is 0.497 e. The van der Waals surface area contributed by atoms with E-state index in [1.54, 1.807) is 29.7 Å². The van der Waals surface area contributed by atoms with Crippen molar-refractivity contribution in [2.75, 3.05) is 20.2 Å². The molecule has 7 nitrogen and oxygen atoms in total. The number of amides is 1. The normalized spacial score (nSPS) is 14.9. The molecule has 2 aromatic heterocycles. The number of carbonyl (C=O) groups excluding carboxylic acids is 1. The zero-order chi connectivity index (χ0) is 21.1. The Hall–Kier alpha value is -2.87. The van der Waals surface area contributed by atoms with Crippen LogP contribution in [0.3, 0.4) is 0 Å². The lowest BCUT2D eigenvalue weighted by Gasteiger charge is -2.31. The molecular formula is C22H25N3O4S. The molecule has 1 aliphatic heterocycles. The highest BCUT2D eigenvalue weighted by atomic mass is 32.1. The Balaban J connectivity index is 1.47. The van der Waals surface area contributed by atoms with Crippen molar-refractivity contribution in [2.45, 2.75) is 38.9 Å². The number of benzene rings is 1. The number of methoxy groups -OCH3 is 1. The first-order valence-electron chi connectivity index (χ1n) is 10.0. The average Bonchev–Trinajstić information content (AvgIpc) is 3.19. The van der Waals surface area contributed by atoms with Crippen molar-refractivity contribution in [1.82, 2.24) is 14.9 Å². The van der Waals surface area contributed by atoms with Crippen molar-refractivity contribution in [1.29, 1.82) is 0 Å². The first kappa shape index (κ1) is 20.4. The van der Waals surface area contributed by atoms with Gasteiger partial charge in [-0.2, -0.15) is 0 Å². The second kappa shape index (κ2) is 8.87. The summed E-state index contributed by atoms with van der Waals surface area (Å²) in [6, 6.07) is 7.93. The van der Waals surface area contributed by atoms with E-state index >= 15 is 0 Å². The van der Waals surface area contributed by atoms with Crippen LogP contribution in [-0.2, 0) is 4.74 Å². The fourth-order valence-corrected chi connectivity index (χ4v) is 4.44. The molecule has 0 aliphatic carbocycles. The minimum absolute atomic E-state index is 0.0118. The van der Waals surface area contributed by atoms with Crippen molar-refractivity contribution in [3.8, 4) is 22.8 Å². The van der Waals surface area contributed by atoms with Crippen LogP contribution in [0.2, 0.25) is 0 Å². The molecule has 0 atom stereocenters. The van der Waals surface area contributed by atoms with Crippen molar-refractivity contribution in [3.63, 3.8) is 0 Å². The van der Waals surface area contributed by atoms with E-state index in [4.69, 9.17) is 14.2 Å². The summed E-state index contributed by atoms with van der Waals surface area (Å²) in [5, 5.41) is 2.08. The van der Waals surface area contributed by atoms with Gasteiger partial charge < -0.3 is 19.1 Å². The molecule has 8 heteroatoms. The summed E-state index contributed by atoms with van der Waals surface area (Å²) in [4.78, 5) is 22.7. The number of thiophene rings is 1. The maximum atomic E-state index is 12.1. The fraction of sp³-hybridized carbons (Fsp3) is 0.409. The highest BCUT2D eigenvalue weighted by Crippen LogP contribution is 2.37. The van der Waals surface area contributed by atoms with Crippen molar-refractivity contribution in [3.05, 3.63) is 36.0 Å². The Bertz CT molecular complexity index is 1010. The molecule has 3 aromatic rings. The minimum atomic E-state index is -0.254. The maximum Gasteiger partial charge on any atom is 0.410 e. The number of ether oxygens (including phenoxy) is 3. The smallest absolute Gasteiger partial charge is 0.410 e. The first-order chi connectivity index (χ1) is 14.5. The summed E-state index contributed by atoms with van der Waals surface area (Å²) in [7, 11) is 1.66.